The van der Waals surface area contributed by atoms with Gasteiger partial charge < -0.3 is 14.0 Å². The molecule has 2 aromatic carbocycles. The molecule has 7 nitrogen and oxygen atoms in total. The highest BCUT2D eigenvalue weighted by Gasteiger charge is 2.28. The number of benzene rings is 2. The molecule has 8 heteroatoms. The molecule has 1 aliphatic rings. The second-order valence-electron chi connectivity index (χ2n) is 7.93. The van der Waals surface area contributed by atoms with Crippen LogP contribution in [0, 0.1) is 11.3 Å². The first-order valence-electron chi connectivity index (χ1n) is 11.0. The summed E-state index contributed by atoms with van der Waals surface area (Å²) in [6.07, 6.45) is 0. The Morgan fingerprint density at radius 3 is 2.45 bits per heavy atom. The molecular weight excluding hydrogens is 484 g/mol. The molecule has 0 spiro atoms. The Kier molecular flexibility index (Phi) is 7.33. The lowest BCUT2D eigenvalue weighted by molar-refractivity contribution is 0.0525. The summed E-state index contributed by atoms with van der Waals surface area (Å²) in [5.74, 6) is 0.328. The van der Waals surface area contributed by atoms with Gasteiger partial charge in [-0.2, -0.15) is 5.26 Å². The summed E-state index contributed by atoms with van der Waals surface area (Å²) in [4.78, 5) is 17.7. The number of halogens is 1. The number of esters is 1. The predicted octanol–water partition coefficient (Wildman–Crippen LogP) is 4.22. The standard InChI is InChI=1S/C25H27BrN4O3/c1-3-33-25(31)24-19-15-23(32-2)20(26)16-21(19)30(18-7-5-4-6-8-18)22(24)17-29-13-11-28(10-9-27)12-14-29/h4-8,15-16H,3,10-14,17H2,1-2H3. The maximum Gasteiger partial charge on any atom is 0.340 e. The van der Waals surface area contributed by atoms with Crippen LogP contribution in [0.5, 0.6) is 5.75 Å². The van der Waals surface area contributed by atoms with E-state index < -0.39 is 0 Å². The summed E-state index contributed by atoms with van der Waals surface area (Å²) in [6, 6.07) is 16.2. The SMILES string of the molecule is CCOC(=O)c1c(CN2CCN(CC#N)CC2)n(-c2ccccc2)c2cc(Br)c(OC)cc12. The van der Waals surface area contributed by atoms with Crippen molar-refractivity contribution in [1.29, 1.82) is 5.26 Å². The zero-order chi connectivity index (χ0) is 23.4. The van der Waals surface area contributed by atoms with Gasteiger partial charge in [-0.1, -0.05) is 18.2 Å². The normalized spacial score (nSPS) is 14.8. The fourth-order valence-corrected chi connectivity index (χ4v) is 4.86. The first kappa shape index (κ1) is 23.3. The number of carbonyl (C=O) groups is 1. The zero-order valence-electron chi connectivity index (χ0n) is 18.9. The van der Waals surface area contributed by atoms with Crippen molar-refractivity contribution in [2.24, 2.45) is 0 Å². The van der Waals surface area contributed by atoms with E-state index in [9.17, 15) is 4.79 Å². The van der Waals surface area contributed by atoms with Crippen LogP contribution in [-0.4, -0.2) is 66.8 Å². The van der Waals surface area contributed by atoms with E-state index >= 15 is 0 Å². The molecule has 0 unspecified atom stereocenters. The number of methoxy groups -OCH3 is 1. The molecular formula is C25H27BrN4O3. The maximum atomic E-state index is 13.2. The molecule has 1 fully saturated rings. The van der Waals surface area contributed by atoms with Crippen LogP contribution in [0.25, 0.3) is 16.6 Å². The third-order valence-electron chi connectivity index (χ3n) is 5.97. The van der Waals surface area contributed by atoms with Gasteiger partial charge in [0.25, 0.3) is 0 Å². The average molecular weight is 511 g/mol. The Hall–Kier alpha value is -2.86. The third kappa shape index (κ3) is 4.76. The van der Waals surface area contributed by atoms with Crippen LogP contribution < -0.4 is 4.74 Å². The first-order chi connectivity index (χ1) is 16.1. The third-order valence-corrected chi connectivity index (χ3v) is 6.59. The molecule has 2 heterocycles. The topological polar surface area (TPSA) is 70.7 Å². The van der Waals surface area contributed by atoms with E-state index in [1.807, 2.05) is 49.4 Å². The molecule has 33 heavy (non-hydrogen) atoms. The number of nitriles is 1. The van der Waals surface area contributed by atoms with E-state index in [0.29, 0.717) is 31.0 Å². The molecule has 1 aromatic heterocycles. The number of ether oxygens (including phenoxy) is 2. The molecule has 0 bridgehead atoms. The Labute approximate surface area is 202 Å². The monoisotopic (exact) mass is 510 g/mol. The van der Waals surface area contributed by atoms with Crippen LogP contribution in [0.1, 0.15) is 23.0 Å². The van der Waals surface area contributed by atoms with Crippen LogP contribution in [0.3, 0.4) is 0 Å². The minimum atomic E-state index is -0.334. The van der Waals surface area contributed by atoms with Gasteiger partial charge >= 0.3 is 5.97 Å². The van der Waals surface area contributed by atoms with E-state index in [1.54, 1.807) is 7.11 Å². The van der Waals surface area contributed by atoms with E-state index in [2.05, 4.69) is 36.4 Å². The Morgan fingerprint density at radius 2 is 1.82 bits per heavy atom. The van der Waals surface area contributed by atoms with Gasteiger partial charge in [0.1, 0.15) is 5.75 Å². The molecule has 4 rings (SSSR count). The number of fused-ring (bicyclic) bond motifs is 1. The number of hydrogen-bond acceptors (Lipinski definition) is 6. The van der Waals surface area contributed by atoms with Crippen LogP contribution in [-0.2, 0) is 11.3 Å². The van der Waals surface area contributed by atoms with Crippen molar-refractivity contribution in [1.82, 2.24) is 14.4 Å². The minimum Gasteiger partial charge on any atom is -0.496 e. The van der Waals surface area contributed by atoms with Crippen molar-refractivity contribution in [2.45, 2.75) is 13.5 Å². The zero-order valence-corrected chi connectivity index (χ0v) is 20.5. The quantitative estimate of drug-likeness (QED) is 0.350. The second kappa shape index (κ2) is 10.4. The lowest BCUT2D eigenvalue weighted by atomic mass is 10.1. The van der Waals surface area contributed by atoms with Gasteiger partial charge in [0.2, 0.25) is 0 Å². The van der Waals surface area contributed by atoms with Crippen LogP contribution >= 0.6 is 15.9 Å². The minimum absolute atomic E-state index is 0.302. The molecule has 3 aromatic rings. The van der Waals surface area contributed by atoms with Gasteiger partial charge in [-0.15, -0.1) is 0 Å². The number of piperazine rings is 1. The lowest BCUT2D eigenvalue weighted by Gasteiger charge is -2.33. The molecule has 172 valence electrons. The largest absolute Gasteiger partial charge is 0.496 e. The van der Waals surface area contributed by atoms with E-state index in [1.165, 1.54) is 0 Å². The van der Waals surface area contributed by atoms with Gasteiger partial charge in [-0.25, -0.2) is 4.79 Å². The van der Waals surface area contributed by atoms with E-state index in [-0.39, 0.29) is 5.97 Å². The van der Waals surface area contributed by atoms with Crippen molar-refractivity contribution in [2.75, 3.05) is 46.4 Å². The average Bonchev–Trinajstić information content (AvgIpc) is 3.13. The highest BCUT2D eigenvalue weighted by atomic mass is 79.9. The molecule has 0 amide bonds. The molecule has 0 atom stereocenters. The number of hydrogen-bond donors (Lipinski definition) is 0. The molecule has 0 N–H and O–H groups in total. The van der Waals surface area contributed by atoms with Gasteiger partial charge in [0.15, 0.2) is 0 Å². The van der Waals surface area contributed by atoms with Crippen LogP contribution in [0.15, 0.2) is 46.9 Å². The number of rotatable bonds is 7. The number of carbonyl (C=O) groups excluding carboxylic acids is 1. The smallest absolute Gasteiger partial charge is 0.340 e. The Morgan fingerprint density at radius 1 is 1.12 bits per heavy atom. The van der Waals surface area contributed by atoms with Gasteiger partial charge in [-0.3, -0.25) is 9.80 Å². The first-order valence-corrected chi connectivity index (χ1v) is 11.8. The summed E-state index contributed by atoms with van der Waals surface area (Å²) in [5, 5.41) is 9.80. The van der Waals surface area contributed by atoms with Crippen LogP contribution in [0.2, 0.25) is 0 Å². The van der Waals surface area contributed by atoms with Crippen molar-refractivity contribution < 1.29 is 14.3 Å². The van der Waals surface area contributed by atoms with Crippen molar-refractivity contribution in [3.63, 3.8) is 0 Å². The molecule has 1 aliphatic heterocycles. The fraction of sp³-hybridized carbons (Fsp3) is 0.360. The Bertz CT molecular complexity index is 1180. The molecule has 0 aliphatic carbocycles. The fourth-order valence-electron chi connectivity index (χ4n) is 4.37. The molecule has 1 saturated heterocycles. The van der Waals surface area contributed by atoms with E-state index in [4.69, 9.17) is 14.7 Å². The van der Waals surface area contributed by atoms with Crippen molar-refractivity contribution in [3.05, 3.63) is 58.2 Å². The van der Waals surface area contributed by atoms with Crippen molar-refractivity contribution in [3.8, 4) is 17.5 Å². The summed E-state index contributed by atoms with van der Waals surface area (Å²) >= 11 is 3.61. The van der Waals surface area contributed by atoms with Gasteiger partial charge in [0.05, 0.1) is 47.6 Å². The van der Waals surface area contributed by atoms with E-state index in [0.717, 1.165) is 52.9 Å². The van der Waals surface area contributed by atoms with Crippen LogP contribution in [0.4, 0.5) is 0 Å². The second-order valence-corrected chi connectivity index (χ2v) is 8.78. The highest BCUT2D eigenvalue weighted by molar-refractivity contribution is 9.10. The number of aromatic nitrogens is 1. The molecule has 0 saturated carbocycles. The highest BCUT2D eigenvalue weighted by Crippen LogP contribution is 2.37. The number of para-hydroxylation sites is 1. The van der Waals surface area contributed by atoms with Gasteiger partial charge in [-0.05, 0) is 47.1 Å². The lowest BCUT2D eigenvalue weighted by Crippen LogP contribution is -2.46. The molecule has 0 radical (unpaired) electrons. The Balaban J connectivity index is 1.88. The summed E-state index contributed by atoms with van der Waals surface area (Å²) in [7, 11) is 1.62. The summed E-state index contributed by atoms with van der Waals surface area (Å²) in [6.45, 7) is 6.47. The maximum absolute atomic E-state index is 13.2. The summed E-state index contributed by atoms with van der Waals surface area (Å²) in [5.41, 5.74) is 3.35. The number of nitrogens with zero attached hydrogens (tertiary/aromatic N) is 4. The van der Waals surface area contributed by atoms with Crippen molar-refractivity contribution >= 4 is 32.8 Å². The van der Waals surface area contributed by atoms with Gasteiger partial charge in [0, 0.05) is 43.8 Å². The summed E-state index contributed by atoms with van der Waals surface area (Å²) < 4.78 is 14.0. The predicted molar refractivity (Wildman–Crippen MR) is 131 cm³/mol.